The molecule has 1 fully saturated rings. The summed E-state index contributed by atoms with van der Waals surface area (Å²) in [7, 11) is 0. The van der Waals surface area contributed by atoms with E-state index in [1.807, 2.05) is 48.6 Å². The summed E-state index contributed by atoms with van der Waals surface area (Å²) in [6.07, 6.45) is 4.31. The molecule has 3 aliphatic rings. The van der Waals surface area contributed by atoms with Crippen LogP contribution in [-0.4, -0.2) is 25.9 Å². The number of benzene rings is 2. The molecular weight excluding hydrogens is 346 g/mol. The molecule has 136 valence electrons. The lowest BCUT2D eigenvalue weighted by molar-refractivity contribution is -0.115. The van der Waals surface area contributed by atoms with E-state index in [1.54, 1.807) is 0 Å². The van der Waals surface area contributed by atoms with E-state index in [4.69, 9.17) is 18.9 Å². The lowest BCUT2D eigenvalue weighted by Gasteiger charge is -2.20. The summed E-state index contributed by atoms with van der Waals surface area (Å²) in [6, 6.07) is 11.4. The molecule has 6 nitrogen and oxygen atoms in total. The number of hydrogen-bond acceptors (Lipinski definition) is 6. The first-order valence-corrected chi connectivity index (χ1v) is 8.76. The number of rotatable bonds is 2. The van der Waals surface area contributed by atoms with Gasteiger partial charge in [0.25, 0.3) is 0 Å². The van der Waals surface area contributed by atoms with Crippen molar-refractivity contribution in [2.75, 3.05) is 20.1 Å². The quantitative estimate of drug-likeness (QED) is 0.827. The summed E-state index contributed by atoms with van der Waals surface area (Å²) in [5.41, 5.74) is 3.27. The molecule has 3 aliphatic heterocycles. The highest BCUT2D eigenvalue weighted by molar-refractivity contribution is 6.05. The Morgan fingerprint density at radius 1 is 0.778 bits per heavy atom. The third-order valence-corrected chi connectivity index (χ3v) is 4.67. The van der Waals surface area contributed by atoms with Gasteiger partial charge in [-0.1, -0.05) is 12.1 Å². The average Bonchev–Trinajstić information content (AvgIpc) is 3.32. The minimum absolute atomic E-state index is 0.110. The fourth-order valence-electron chi connectivity index (χ4n) is 3.32. The van der Waals surface area contributed by atoms with E-state index in [-0.39, 0.29) is 19.4 Å². The van der Waals surface area contributed by atoms with Crippen LogP contribution in [0.2, 0.25) is 0 Å². The van der Waals surface area contributed by atoms with E-state index in [1.165, 1.54) is 0 Å². The maximum absolute atomic E-state index is 12.6. The highest BCUT2D eigenvalue weighted by Gasteiger charge is 2.21. The van der Waals surface area contributed by atoms with Crippen molar-refractivity contribution in [1.82, 2.24) is 5.32 Å². The molecule has 0 aromatic heterocycles. The van der Waals surface area contributed by atoms with Gasteiger partial charge in [0.05, 0.1) is 0 Å². The fraction of sp³-hybridized carbons (Fsp3) is 0.190. The first-order valence-electron chi connectivity index (χ1n) is 8.76. The van der Waals surface area contributed by atoms with E-state index in [9.17, 15) is 4.79 Å². The van der Waals surface area contributed by atoms with Crippen LogP contribution in [0.5, 0.6) is 23.0 Å². The zero-order valence-electron chi connectivity index (χ0n) is 14.5. The number of ketones is 1. The summed E-state index contributed by atoms with van der Waals surface area (Å²) >= 11 is 0. The summed E-state index contributed by atoms with van der Waals surface area (Å²) in [4.78, 5) is 12.6. The smallest absolute Gasteiger partial charge is 0.231 e. The number of piperidine rings is 1. The molecule has 0 radical (unpaired) electrons. The molecule has 5 rings (SSSR count). The van der Waals surface area contributed by atoms with Crippen molar-refractivity contribution in [1.29, 1.82) is 0 Å². The zero-order valence-corrected chi connectivity index (χ0v) is 14.5. The van der Waals surface area contributed by atoms with Gasteiger partial charge in [0.1, 0.15) is 0 Å². The molecule has 6 heteroatoms. The Balaban J connectivity index is 1.51. The number of hydrogen-bond donors (Lipinski definition) is 1. The molecule has 27 heavy (non-hydrogen) atoms. The van der Waals surface area contributed by atoms with Crippen LogP contribution >= 0.6 is 0 Å². The van der Waals surface area contributed by atoms with Gasteiger partial charge in [-0.15, -0.1) is 0 Å². The van der Waals surface area contributed by atoms with E-state index < -0.39 is 0 Å². The van der Waals surface area contributed by atoms with Crippen LogP contribution in [0.4, 0.5) is 0 Å². The molecule has 0 spiro atoms. The van der Waals surface area contributed by atoms with Crippen LogP contribution in [0.15, 0.2) is 47.7 Å². The van der Waals surface area contributed by atoms with Crippen LogP contribution in [0.3, 0.4) is 0 Å². The first kappa shape index (κ1) is 15.8. The predicted octanol–water partition coefficient (Wildman–Crippen LogP) is 3.13. The monoisotopic (exact) mass is 363 g/mol. The Hall–Kier alpha value is -3.41. The van der Waals surface area contributed by atoms with Crippen molar-refractivity contribution >= 4 is 17.9 Å². The second-order valence-electron chi connectivity index (χ2n) is 6.44. The van der Waals surface area contributed by atoms with E-state index in [2.05, 4.69) is 5.32 Å². The lowest BCUT2D eigenvalue weighted by atomic mass is 9.96. The normalized spacial score (nSPS) is 20.2. The fourth-order valence-corrected chi connectivity index (χ4v) is 3.32. The molecule has 2 aromatic carbocycles. The Labute approximate surface area is 156 Å². The maximum Gasteiger partial charge on any atom is 0.231 e. The summed E-state index contributed by atoms with van der Waals surface area (Å²) in [5, 5.41) is 3.33. The van der Waals surface area contributed by atoms with Crippen molar-refractivity contribution in [3.63, 3.8) is 0 Å². The van der Waals surface area contributed by atoms with Crippen LogP contribution in [0.1, 0.15) is 17.5 Å². The highest BCUT2D eigenvalue weighted by atomic mass is 16.7. The van der Waals surface area contributed by atoms with Crippen molar-refractivity contribution in [3.05, 3.63) is 58.8 Å². The number of allylic oxidation sites excluding steroid dienone is 1. The average molecular weight is 363 g/mol. The van der Waals surface area contributed by atoms with Crippen LogP contribution < -0.4 is 24.3 Å². The van der Waals surface area contributed by atoms with E-state index in [0.717, 1.165) is 28.3 Å². The molecule has 2 aromatic rings. The number of ether oxygens (including phenoxy) is 4. The predicted molar refractivity (Wildman–Crippen MR) is 98.7 cm³/mol. The third kappa shape index (κ3) is 2.99. The van der Waals surface area contributed by atoms with Crippen molar-refractivity contribution in [2.45, 2.75) is 6.42 Å². The van der Waals surface area contributed by atoms with Gasteiger partial charge in [0.2, 0.25) is 13.6 Å². The second kappa shape index (κ2) is 6.39. The maximum atomic E-state index is 12.6. The van der Waals surface area contributed by atoms with Gasteiger partial charge >= 0.3 is 0 Å². The minimum Gasteiger partial charge on any atom is -0.454 e. The Morgan fingerprint density at radius 3 is 2.04 bits per heavy atom. The zero-order chi connectivity index (χ0) is 18.2. The number of Topliss-reactive ketones (excluding diaryl/α,β-unsaturated/α-hetero) is 1. The Kier molecular flexibility index (Phi) is 3.74. The number of carbonyl (C=O) groups excluding carboxylic acids is 1. The van der Waals surface area contributed by atoms with Crippen molar-refractivity contribution < 1.29 is 23.7 Å². The molecule has 0 atom stereocenters. The van der Waals surface area contributed by atoms with Crippen LogP contribution in [0, 0.1) is 0 Å². The molecule has 3 heterocycles. The van der Waals surface area contributed by atoms with Gasteiger partial charge in [-0.05, 0) is 47.5 Å². The molecule has 0 amide bonds. The SMILES string of the molecule is O=C1CCNC(=Cc2ccc3c(c2)OCO3)C1=Cc1ccc2c(c1)OCO2. The Bertz CT molecular complexity index is 992. The van der Waals surface area contributed by atoms with Gasteiger partial charge in [-0.25, -0.2) is 0 Å². The van der Waals surface area contributed by atoms with Gasteiger partial charge in [0, 0.05) is 24.2 Å². The van der Waals surface area contributed by atoms with Gasteiger partial charge in [-0.2, -0.15) is 0 Å². The summed E-state index contributed by atoms with van der Waals surface area (Å²) < 4.78 is 21.6. The summed E-state index contributed by atoms with van der Waals surface area (Å²) in [6.45, 7) is 1.08. The lowest BCUT2D eigenvalue weighted by Crippen LogP contribution is -2.28. The number of carbonyl (C=O) groups is 1. The molecule has 0 bridgehead atoms. The summed E-state index contributed by atoms with van der Waals surface area (Å²) in [5.74, 6) is 2.98. The minimum atomic E-state index is 0.110. The molecule has 0 saturated carbocycles. The van der Waals surface area contributed by atoms with Gasteiger partial charge in [-0.3, -0.25) is 4.79 Å². The second-order valence-corrected chi connectivity index (χ2v) is 6.44. The first-order chi connectivity index (χ1) is 13.3. The molecule has 0 unspecified atom stereocenters. The van der Waals surface area contributed by atoms with E-state index >= 15 is 0 Å². The largest absolute Gasteiger partial charge is 0.454 e. The third-order valence-electron chi connectivity index (χ3n) is 4.67. The molecule has 1 saturated heterocycles. The molecular formula is C21H17NO5. The van der Waals surface area contributed by atoms with Crippen LogP contribution in [0.25, 0.3) is 12.2 Å². The van der Waals surface area contributed by atoms with Crippen molar-refractivity contribution in [3.8, 4) is 23.0 Å². The number of nitrogens with one attached hydrogen (secondary N) is 1. The topological polar surface area (TPSA) is 66.0 Å². The van der Waals surface area contributed by atoms with E-state index in [0.29, 0.717) is 30.0 Å². The Morgan fingerprint density at radius 2 is 1.37 bits per heavy atom. The van der Waals surface area contributed by atoms with Crippen molar-refractivity contribution in [2.24, 2.45) is 0 Å². The standard InChI is InChI=1S/C21H17NO5/c23-17-5-6-22-16(8-14-2-4-19-21(10-14)27-12-25-19)15(17)7-13-1-3-18-20(9-13)26-11-24-18/h1-4,7-10,22H,5-6,11-12H2. The molecule has 0 aliphatic carbocycles. The van der Waals surface area contributed by atoms with Gasteiger partial charge in [0.15, 0.2) is 28.8 Å². The number of fused-ring (bicyclic) bond motifs is 2. The molecule has 1 N–H and O–H groups in total. The van der Waals surface area contributed by atoms with Gasteiger partial charge < -0.3 is 24.3 Å². The van der Waals surface area contributed by atoms with Crippen LogP contribution in [-0.2, 0) is 4.79 Å². The highest BCUT2D eigenvalue weighted by Crippen LogP contribution is 2.35.